The smallest absolute Gasteiger partial charge is 0.0431 e. The minimum Gasteiger partial charge on any atom is -0.396 e. The lowest BCUT2D eigenvalue weighted by atomic mass is 10.0. The van der Waals surface area contributed by atoms with Crippen molar-refractivity contribution >= 4 is 0 Å². The SMILES string of the molecule is OCCCCCCCCCCCCCCCCCCO.OCCCCCCCCCCCCCCCCCO. The highest BCUT2D eigenvalue weighted by molar-refractivity contribution is 4.51. The molecule has 0 aromatic heterocycles. The first kappa shape index (κ1) is 41.0. The molecule has 0 heterocycles. The van der Waals surface area contributed by atoms with Crippen molar-refractivity contribution in [1.82, 2.24) is 0 Å². The molecule has 0 bridgehead atoms. The lowest BCUT2D eigenvalue weighted by molar-refractivity contribution is 0.282. The molecule has 0 saturated carbocycles. The Balaban J connectivity index is 0. The lowest BCUT2D eigenvalue weighted by Crippen LogP contribution is -1.85. The zero-order valence-electron chi connectivity index (χ0n) is 26.5. The summed E-state index contributed by atoms with van der Waals surface area (Å²) >= 11 is 0. The van der Waals surface area contributed by atoms with Gasteiger partial charge in [0, 0.05) is 26.4 Å². The maximum absolute atomic E-state index is 8.67. The summed E-state index contributed by atoms with van der Waals surface area (Å²) in [7, 11) is 0. The number of aliphatic hydroxyl groups excluding tert-OH is 4. The fourth-order valence-corrected chi connectivity index (χ4v) is 5.22. The molecule has 0 fully saturated rings. The van der Waals surface area contributed by atoms with E-state index in [4.69, 9.17) is 20.4 Å². The van der Waals surface area contributed by atoms with Crippen LogP contribution in [0, 0.1) is 0 Å². The van der Waals surface area contributed by atoms with Gasteiger partial charge in [0.25, 0.3) is 0 Å². The summed E-state index contributed by atoms with van der Waals surface area (Å²) in [6.07, 6.45) is 40.4. The lowest BCUT2D eigenvalue weighted by Gasteiger charge is -2.03. The van der Waals surface area contributed by atoms with E-state index < -0.39 is 0 Å². The third kappa shape index (κ3) is 45.1. The van der Waals surface area contributed by atoms with Crippen LogP contribution < -0.4 is 0 Å². The van der Waals surface area contributed by atoms with Gasteiger partial charge in [-0.1, -0.05) is 173 Å². The van der Waals surface area contributed by atoms with Crippen LogP contribution in [0.5, 0.6) is 0 Å². The molecule has 4 heteroatoms. The van der Waals surface area contributed by atoms with Crippen molar-refractivity contribution in [3.05, 3.63) is 0 Å². The first-order valence-corrected chi connectivity index (χ1v) is 17.8. The third-order valence-corrected chi connectivity index (χ3v) is 7.88. The van der Waals surface area contributed by atoms with Crippen molar-refractivity contribution in [2.45, 2.75) is 199 Å². The molecule has 0 aliphatic heterocycles. The Labute approximate surface area is 245 Å². The van der Waals surface area contributed by atoms with E-state index in [2.05, 4.69) is 0 Å². The summed E-state index contributed by atoms with van der Waals surface area (Å²) in [6.45, 7) is 1.45. The summed E-state index contributed by atoms with van der Waals surface area (Å²) in [5.74, 6) is 0. The zero-order valence-corrected chi connectivity index (χ0v) is 26.5. The topological polar surface area (TPSA) is 80.9 Å². The van der Waals surface area contributed by atoms with Crippen LogP contribution >= 0.6 is 0 Å². The maximum atomic E-state index is 8.67. The normalized spacial score (nSPS) is 11.1. The molecule has 0 radical (unpaired) electrons. The van der Waals surface area contributed by atoms with Gasteiger partial charge < -0.3 is 20.4 Å². The number of hydrogen-bond donors (Lipinski definition) is 4. The molecule has 0 aromatic carbocycles. The van der Waals surface area contributed by atoms with Crippen molar-refractivity contribution in [3.63, 3.8) is 0 Å². The van der Waals surface area contributed by atoms with Gasteiger partial charge >= 0.3 is 0 Å². The van der Waals surface area contributed by atoms with Crippen LogP contribution in [0.4, 0.5) is 0 Å². The van der Waals surface area contributed by atoms with E-state index in [9.17, 15) is 0 Å². The minimum absolute atomic E-state index is 0.361. The molecule has 0 aromatic rings. The fraction of sp³-hybridized carbons (Fsp3) is 1.00. The van der Waals surface area contributed by atoms with E-state index in [0.717, 1.165) is 25.7 Å². The van der Waals surface area contributed by atoms with Gasteiger partial charge in [0.05, 0.1) is 0 Å². The zero-order chi connectivity index (χ0) is 28.7. The monoisotopic (exact) mass is 559 g/mol. The summed E-state index contributed by atoms with van der Waals surface area (Å²) in [4.78, 5) is 0. The second-order valence-electron chi connectivity index (χ2n) is 11.9. The fourth-order valence-electron chi connectivity index (χ4n) is 5.22. The Kier molecular flexibility index (Phi) is 44.5. The van der Waals surface area contributed by atoms with Crippen molar-refractivity contribution in [2.24, 2.45) is 0 Å². The molecule has 0 aliphatic carbocycles. The van der Waals surface area contributed by atoms with Crippen molar-refractivity contribution in [2.75, 3.05) is 26.4 Å². The second-order valence-corrected chi connectivity index (χ2v) is 11.9. The average molecular weight is 559 g/mol. The van der Waals surface area contributed by atoms with Crippen molar-refractivity contribution in [3.8, 4) is 0 Å². The Bertz CT molecular complexity index is 344. The molecule has 0 saturated heterocycles. The maximum Gasteiger partial charge on any atom is 0.0431 e. The molecule has 238 valence electrons. The Hall–Kier alpha value is -0.160. The highest BCUT2D eigenvalue weighted by Crippen LogP contribution is 2.14. The van der Waals surface area contributed by atoms with E-state index in [-0.39, 0.29) is 0 Å². The Morgan fingerprint density at radius 2 is 0.205 bits per heavy atom. The van der Waals surface area contributed by atoms with E-state index in [1.807, 2.05) is 0 Å². The van der Waals surface area contributed by atoms with Gasteiger partial charge in [-0.2, -0.15) is 0 Å². The number of hydrogen-bond acceptors (Lipinski definition) is 4. The van der Waals surface area contributed by atoms with Gasteiger partial charge in [0.15, 0.2) is 0 Å². The minimum atomic E-state index is 0.361. The van der Waals surface area contributed by atoms with Crippen LogP contribution in [0.3, 0.4) is 0 Å². The highest BCUT2D eigenvalue weighted by atomic mass is 16.3. The van der Waals surface area contributed by atoms with E-state index >= 15 is 0 Å². The van der Waals surface area contributed by atoms with Crippen molar-refractivity contribution in [1.29, 1.82) is 0 Å². The van der Waals surface area contributed by atoms with Gasteiger partial charge in [-0.05, 0) is 25.7 Å². The summed E-state index contributed by atoms with van der Waals surface area (Å²) in [6, 6.07) is 0. The molecule has 4 nitrogen and oxygen atoms in total. The van der Waals surface area contributed by atoms with Crippen LogP contribution in [-0.2, 0) is 0 Å². The number of rotatable bonds is 33. The van der Waals surface area contributed by atoms with Crippen LogP contribution in [0.25, 0.3) is 0 Å². The van der Waals surface area contributed by atoms with E-state index in [0.29, 0.717) is 26.4 Å². The summed E-state index contributed by atoms with van der Waals surface area (Å²) in [5.41, 5.74) is 0. The Morgan fingerprint density at radius 3 is 0.282 bits per heavy atom. The van der Waals surface area contributed by atoms with Crippen LogP contribution in [0.2, 0.25) is 0 Å². The van der Waals surface area contributed by atoms with Gasteiger partial charge in [0.2, 0.25) is 0 Å². The molecular weight excluding hydrogens is 484 g/mol. The molecule has 0 atom stereocenters. The number of aliphatic hydroxyl groups is 4. The van der Waals surface area contributed by atoms with Crippen LogP contribution in [-0.4, -0.2) is 46.9 Å². The van der Waals surface area contributed by atoms with Gasteiger partial charge in [0.1, 0.15) is 0 Å². The molecule has 0 spiro atoms. The molecule has 4 N–H and O–H groups in total. The standard InChI is InChI=1S/C18H38O2.C17H36O2/c19-17-15-13-11-9-7-5-3-1-2-4-6-8-10-12-14-16-18-20;18-16-14-12-10-8-6-4-2-1-3-5-7-9-11-13-15-17-19/h19-20H,1-18H2;18-19H,1-17H2. The molecule has 0 amide bonds. The van der Waals surface area contributed by atoms with E-state index in [1.165, 1.54) is 173 Å². The Morgan fingerprint density at radius 1 is 0.128 bits per heavy atom. The largest absolute Gasteiger partial charge is 0.396 e. The summed E-state index contributed by atoms with van der Waals surface area (Å²) in [5, 5.41) is 34.7. The van der Waals surface area contributed by atoms with Crippen molar-refractivity contribution < 1.29 is 20.4 Å². The molecular formula is C35H74O4. The van der Waals surface area contributed by atoms with E-state index in [1.54, 1.807) is 0 Å². The average Bonchev–Trinajstić information content (AvgIpc) is 2.95. The van der Waals surface area contributed by atoms with Crippen LogP contribution in [0.1, 0.15) is 199 Å². The third-order valence-electron chi connectivity index (χ3n) is 7.88. The first-order valence-electron chi connectivity index (χ1n) is 17.8. The molecule has 0 aliphatic rings. The quantitative estimate of drug-likeness (QED) is 0.0604. The molecule has 39 heavy (non-hydrogen) atoms. The summed E-state index contributed by atoms with van der Waals surface area (Å²) < 4.78 is 0. The first-order chi connectivity index (χ1) is 19.3. The van der Waals surface area contributed by atoms with Crippen LogP contribution in [0.15, 0.2) is 0 Å². The van der Waals surface area contributed by atoms with Gasteiger partial charge in [-0.3, -0.25) is 0 Å². The number of unbranched alkanes of at least 4 members (excludes halogenated alkanes) is 29. The highest BCUT2D eigenvalue weighted by Gasteiger charge is 1.96. The predicted molar refractivity (Wildman–Crippen MR) is 171 cm³/mol. The molecule has 0 rings (SSSR count). The molecule has 0 unspecified atom stereocenters. The van der Waals surface area contributed by atoms with Gasteiger partial charge in [-0.15, -0.1) is 0 Å². The second kappa shape index (κ2) is 42.3. The van der Waals surface area contributed by atoms with Gasteiger partial charge in [-0.25, -0.2) is 0 Å². The predicted octanol–water partition coefficient (Wildman–Crippen LogP) is 10.0.